The first kappa shape index (κ1) is 9.97. The minimum Gasteiger partial charge on any atom is -0.379 e. The number of benzene rings is 1. The Balaban J connectivity index is 2.10. The molecule has 1 saturated heterocycles. The lowest BCUT2D eigenvalue weighted by atomic mass is 9.91. The fourth-order valence-corrected chi connectivity index (χ4v) is 2.03. The van der Waals surface area contributed by atoms with Crippen LogP contribution in [0, 0.1) is 0 Å². The second-order valence-corrected chi connectivity index (χ2v) is 4.41. The molecule has 1 aliphatic heterocycles. The number of rotatable bonds is 2. The molecule has 0 bridgehead atoms. The molecule has 0 aromatic heterocycles. The van der Waals surface area contributed by atoms with Gasteiger partial charge in [-0.3, -0.25) is 0 Å². The molecule has 0 spiro atoms. The lowest BCUT2D eigenvalue weighted by molar-refractivity contribution is 0.178. The molecule has 0 unspecified atom stereocenters. The minimum atomic E-state index is -0.190. The average molecular weight is 212 g/mol. The second-order valence-electron chi connectivity index (χ2n) is 3.97. The SMILES string of the molecule is N[C@@]1(Cc2cccc(Cl)c2)CCOC1. The number of halogens is 1. The third-order valence-electron chi connectivity index (χ3n) is 2.58. The second kappa shape index (κ2) is 3.89. The zero-order valence-electron chi connectivity index (χ0n) is 8.00. The van der Waals surface area contributed by atoms with Crippen molar-refractivity contribution < 1.29 is 4.74 Å². The van der Waals surface area contributed by atoms with Crippen molar-refractivity contribution in [2.75, 3.05) is 13.2 Å². The average Bonchev–Trinajstić information content (AvgIpc) is 2.51. The highest BCUT2D eigenvalue weighted by Crippen LogP contribution is 2.22. The first-order chi connectivity index (χ1) is 6.68. The maximum absolute atomic E-state index is 6.17. The third-order valence-corrected chi connectivity index (χ3v) is 2.81. The van der Waals surface area contributed by atoms with Crippen LogP contribution in [0.4, 0.5) is 0 Å². The molecule has 1 aromatic rings. The Morgan fingerprint density at radius 1 is 1.50 bits per heavy atom. The van der Waals surface area contributed by atoms with E-state index in [-0.39, 0.29) is 5.54 Å². The largest absolute Gasteiger partial charge is 0.379 e. The van der Waals surface area contributed by atoms with Crippen LogP contribution in [0.1, 0.15) is 12.0 Å². The highest BCUT2D eigenvalue weighted by molar-refractivity contribution is 6.30. The van der Waals surface area contributed by atoms with E-state index in [0.717, 1.165) is 24.5 Å². The number of hydrogen-bond acceptors (Lipinski definition) is 2. The van der Waals surface area contributed by atoms with Crippen molar-refractivity contribution in [3.05, 3.63) is 34.9 Å². The third kappa shape index (κ3) is 2.27. The Bertz CT molecular complexity index is 321. The monoisotopic (exact) mass is 211 g/mol. The van der Waals surface area contributed by atoms with Gasteiger partial charge in [-0.05, 0) is 30.5 Å². The van der Waals surface area contributed by atoms with Crippen LogP contribution in [0.2, 0.25) is 5.02 Å². The Hall–Kier alpha value is -0.570. The molecule has 0 aliphatic carbocycles. The molecule has 1 atom stereocenters. The van der Waals surface area contributed by atoms with Crippen LogP contribution in [0.5, 0.6) is 0 Å². The fraction of sp³-hybridized carbons (Fsp3) is 0.455. The van der Waals surface area contributed by atoms with Crippen molar-refractivity contribution in [2.45, 2.75) is 18.4 Å². The van der Waals surface area contributed by atoms with Gasteiger partial charge >= 0.3 is 0 Å². The summed E-state index contributed by atoms with van der Waals surface area (Å²) in [5, 5.41) is 0.769. The van der Waals surface area contributed by atoms with Crippen LogP contribution in [-0.2, 0) is 11.2 Å². The zero-order chi connectivity index (χ0) is 10.0. The molecule has 0 radical (unpaired) electrons. The van der Waals surface area contributed by atoms with Gasteiger partial charge in [-0.25, -0.2) is 0 Å². The maximum atomic E-state index is 6.17. The summed E-state index contributed by atoms with van der Waals surface area (Å²) >= 11 is 5.90. The van der Waals surface area contributed by atoms with E-state index in [4.69, 9.17) is 22.1 Å². The van der Waals surface area contributed by atoms with Gasteiger partial charge in [-0.15, -0.1) is 0 Å². The quantitative estimate of drug-likeness (QED) is 0.812. The maximum Gasteiger partial charge on any atom is 0.0650 e. The molecule has 1 aliphatic rings. The van der Waals surface area contributed by atoms with Crippen molar-refractivity contribution in [3.63, 3.8) is 0 Å². The van der Waals surface area contributed by atoms with Crippen molar-refractivity contribution in [1.29, 1.82) is 0 Å². The van der Waals surface area contributed by atoms with Gasteiger partial charge in [0.2, 0.25) is 0 Å². The summed E-state index contributed by atoms with van der Waals surface area (Å²) in [5.41, 5.74) is 7.17. The summed E-state index contributed by atoms with van der Waals surface area (Å²) in [4.78, 5) is 0. The Morgan fingerprint density at radius 3 is 3.00 bits per heavy atom. The molecule has 1 fully saturated rings. The molecular formula is C11H14ClNO. The van der Waals surface area contributed by atoms with Crippen LogP contribution in [0.15, 0.2) is 24.3 Å². The van der Waals surface area contributed by atoms with Gasteiger partial charge in [0.25, 0.3) is 0 Å². The van der Waals surface area contributed by atoms with Crippen molar-refractivity contribution in [1.82, 2.24) is 0 Å². The number of ether oxygens (including phenoxy) is 1. The molecule has 2 rings (SSSR count). The van der Waals surface area contributed by atoms with E-state index in [2.05, 4.69) is 6.07 Å². The van der Waals surface area contributed by atoms with E-state index < -0.39 is 0 Å². The molecule has 2 N–H and O–H groups in total. The summed E-state index contributed by atoms with van der Waals surface area (Å²) in [6.45, 7) is 1.43. The molecule has 2 nitrogen and oxygen atoms in total. The predicted molar refractivity (Wildman–Crippen MR) is 57.5 cm³/mol. The van der Waals surface area contributed by atoms with Gasteiger partial charge in [0, 0.05) is 17.2 Å². The van der Waals surface area contributed by atoms with Gasteiger partial charge in [0.05, 0.1) is 6.61 Å². The highest BCUT2D eigenvalue weighted by Gasteiger charge is 2.30. The number of nitrogens with two attached hydrogens (primary N) is 1. The molecule has 1 heterocycles. The van der Waals surface area contributed by atoms with Gasteiger partial charge in [0.15, 0.2) is 0 Å². The molecule has 0 amide bonds. The topological polar surface area (TPSA) is 35.2 Å². The summed E-state index contributed by atoms with van der Waals surface area (Å²) in [5.74, 6) is 0. The number of hydrogen-bond donors (Lipinski definition) is 1. The molecule has 76 valence electrons. The van der Waals surface area contributed by atoms with Crippen LogP contribution < -0.4 is 5.73 Å². The Kier molecular flexibility index (Phi) is 2.77. The molecular weight excluding hydrogens is 198 g/mol. The lowest BCUT2D eigenvalue weighted by Crippen LogP contribution is -2.42. The molecule has 1 aromatic carbocycles. The minimum absolute atomic E-state index is 0.190. The van der Waals surface area contributed by atoms with E-state index in [1.165, 1.54) is 5.56 Å². The van der Waals surface area contributed by atoms with Crippen LogP contribution in [0.25, 0.3) is 0 Å². The van der Waals surface area contributed by atoms with Gasteiger partial charge in [0.1, 0.15) is 0 Å². The summed E-state index contributed by atoms with van der Waals surface area (Å²) < 4.78 is 5.30. The zero-order valence-corrected chi connectivity index (χ0v) is 8.76. The molecule has 3 heteroatoms. The molecule has 14 heavy (non-hydrogen) atoms. The fourth-order valence-electron chi connectivity index (χ4n) is 1.82. The normalized spacial score (nSPS) is 26.7. The van der Waals surface area contributed by atoms with Crippen LogP contribution in [0.3, 0.4) is 0 Å². The molecule has 0 saturated carbocycles. The first-order valence-electron chi connectivity index (χ1n) is 4.79. The highest BCUT2D eigenvalue weighted by atomic mass is 35.5. The van der Waals surface area contributed by atoms with Crippen LogP contribution in [-0.4, -0.2) is 18.8 Å². The van der Waals surface area contributed by atoms with E-state index in [0.29, 0.717) is 6.61 Å². The standard InChI is InChI=1S/C11H14ClNO/c12-10-3-1-2-9(6-10)7-11(13)4-5-14-8-11/h1-3,6H,4-5,7-8,13H2/t11-/m1/s1. The van der Waals surface area contributed by atoms with E-state index in [1.807, 2.05) is 18.2 Å². The lowest BCUT2D eigenvalue weighted by Gasteiger charge is -2.21. The predicted octanol–water partition coefficient (Wildman–Crippen LogP) is 2.00. The van der Waals surface area contributed by atoms with E-state index in [9.17, 15) is 0 Å². The van der Waals surface area contributed by atoms with E-state index in [1.54, 1.807) is 0 Å². The van der Waals surface area contributed by atoms with Gasteiger partial charge < -0.3 is 10.5 Å². The van der Waals surface area contributed by atoms with Crippen molar-refractivity contribution in [2.24, 2.45) is 5.73 Å². The summed E-state index contributed by atoms with van der Waals surface area (Å²) in [6.07, 6.45) is 1.77. The summed E-state index contributed by atoms with van der Waals surface area (Å²) in [6, 6.07) is 7.85. The first-order valence-corrected chi connectivity index (χ1v) is 5.17. The van der Waals surface area contributed by atoms with Crippen molar-refractivity contribution >= 4 is 11.6 Å². The van der Waals surface area contributed by atoms with Gasteiger partial charge in [-0.1, -0.05) is 23.7 Å². The van der Waals surface area contributed by atoms with Crippen molar-refractivity contribution in [3.8, 4) is 0 Å². The summed E-state index contributed by atoms with van der Waals surface area (Å²) in [7, 11) is 0. The Morgan fingerprint density at radius 2 is 2.36 bits per heavy atom. The van der Waals surface area contributed by atoms with Gasteiger partial charge in [-0.2, -0.15) is 0 Å². The smallest absolute Gasteiger partial charge is 0.0650 e. The van der Waals surface area contributed by atoms with E-state index >= 15 is 0 Å². The Labute approximate surface area is 89.0 Å². The van der Waals surface area contributed by atoms with Crippen LogP contribution >= 0.6 is 11.6 Å².